The van der Waals surface area contributed by atoms with Crippen molar-refractivity contribution in [3.05, 3.63) is 29.3 Å². The summed E-state index contributed by atoms with van der Waals surface area (Å²) >= 11 is 0. The highest BCUT2D eigenvalue weighted by Gasteiger charge is 2.52. The highest BCUT2D eigenvalue weighted by molar-refractivity contribution is 5.74. The molecule has 1 aromatic rings. The molecule has 2 aliphatic carbocycles. The van der Waals surface area contributed by atoms with Gasteiger partial charge in [0.15, 0.2) is 0 Å². The molecule has 1 saturated carbocycles. The highest BCUT2D eigenvalue weighted by Crippen LogP contribution is 2.56. The molecule has 4 aliphatic rings. The minimum Gasteiger partial charge on any atom is -0.494 e. The Morgan fingerprint density at radius 1 is 1.16 bits per heavy atom. The van der Waals surface area contributed by atoms with Crippen molar-refractivity contribution in [3.63, 3.8) is 0 Å². The minimum absolute atomic E-state index is 0.0681. The molecule has 176 valence electrons. The fourth-order valence-electron chi connectivity index (χ4n) is 7.83. The van der Waals surface area contributed by atoms with Crippen LogP contribution < -0.4 is 4.74 Å². The van der Waals surface area contributed by atoms with E-state index in [1.54, 1.807) is 12.5 Å². The Hall–Kier alpha value is -1.55. The van der Waals surface area contributed by atoms with Gasteiger partial charge in [0, 0.05) is 31.6 Å². The summed E-state index contributed by atoms with van der Waals surface area (Å²) in [6.45, 7) is 10.7. The van der Waals surface area contributed by atoms with Crippen LogP contribution in [0.25, 0.3) is 0 Å². The highest BCUT2D eigenvalue weighted by atomic mass is 16.5. The first-order chi connectivity index (χ1) is 15.5. The van der Waals surface area contributed by atoms with Crippen LogP contribution in [0, 0.1) is 11.8 Å². The molecule has 2 saturated heterocycles. The fraction of sp³-hybridized carbons (Fsp3) is 0.750. The number of fused-ring (bicyclic) bond motifs is 5. The molecule has 0 bridgehead atoms. The van der Waals surface area contributed by atoms with Gasteiger partial charge in [0.05, 0.1) is 6.61 Å². The van der Waals surface area contributed by atoms with E-state index < -0.39 is 0 Å². The molecule has 1 amide bonds. The van der Waals surface area contributed by atoms with Gasteiger partial charge in [-0.05, 0) is 119 Å². The van der Waals surface area contributed by atoms with Gasteiger partial charge in [-0.1, -0.05) is 6.07 Å². The summed E-state index contributed by atoms with van der Waals surface area (Å²) in [4.78, 5) is 17.2. The van der Waals surface area contributed by atoms with Crippen molar-refractivity contribution in [2.45, 2.75) is 96.1 Å². The number of amides is 1. The fourth-order valence-corrected chi connectivity index (χ4v) is 7.83. The van der Waals surface area contributed by atoms with E-state index in [4.69, 9.17) is 4.74 Å². The molecule has 0 N–H and O–H groups in total. The number of carbonyl (C=O) groups is 1. The van der Waals surface area contributed by atoms with E-state index >= 15 is 0 Å². The molecule has 1 aromatic carbocycles. The van der Waals surface area contributed by atoms with Crippen LogP contribution in [0.3, 0.4) is 0 Å². The number of rotatable bonds is 5. The van der Waals surface area contributed by atoms with Crippen LogP contribution in [0.5, 0.6) is 5.75 Å². The van der Waals surface area contributed by atoms with Crippen LogP contribution in [-0.2, 0) is 11.2 Å². The summed E-state index contributed by atoms with van der Waals surface area (Å²) in [5.74, 6) is 3.36. The van der Waals surface area contributed by atoms with Gasteiger partial charge in [0.2, 0.25) is 5.91 Å². The first-order valence-corrected chi connectivity index (χ1v) is 13.3. The molecule has 0 aromatic heterocycles. The molecule has 2 aliphatic heterocycles. The van der Waals surface area contributed by atoms with Gasteiger partial charge >= 0.3 is 0 Å². The summed E-state index contributed by atoms with van der Waals surface area (Å²) in [7, 11) is 0. The lowest BCUT2D eigenvalue weighted by molar-refractivity contribution is -0.146. The molecule has 0 unspecified atom stereocenters. The summed E-state index contributed by atoms with van der Waals surface area (Å²) in [5.41, 5.74) is 3.15. The zero-order valence-corrected chi connectivity index (χ0v) is 20.4. The molecular weight excluding hydrogens is 396 g/mol. The van der Waals surface area contributed by atoms with Crippen LogP contribution in [-0.4, -0.2) is 53.5 Å². The maximum absolute atomic E-state index is 12.4. The van der Waals surface area contributed by atoms with Crippen molar-refractivity contribution >= 4 is 5.91 Å². The van der Waals surface area contributed by atoms with Gasteiger partial charge in [-0.25, -0.2) is 0 Å². The van der Waals surface area contributed by atoms with E-state index in [1.807, 2.05) is 0 Å². The third kappa shape index (κ3) is 3.97. The van der Waals surface area contributed by atoms with Gasteiger partial charge in [-0.15, -0.1) is 0 Å². The molecule has 2 heterocycles. The van der Waals surface area contributed by atoms with Gasteiger partial charge in [-0.2, -0.15) is 0 Å². The molecule has 0 radical (unpaired) electrons. The molecule has 4 heteroatoms. The summed E-state index contributed by atoms with van der Waals surface area (Å²) in [6.07, 6.45) is 11.0. The second-order valence-corrected chi connectivity index (χ2v) is 11.2. The number of aryl methyl sites for hydroxylation is 1. The van der Waals surface area contributed by atoms with E-state index in [1.165, 1.54) is 50.6 Å². The Kier molecular flexibility index (Phi) is 6.26. The van der Waals surface area contributed by atoms with Crippen LogP contribution in [0.15, 0.2) is 18.2 Å². The number of ether oxygens (including phenoxy) is 1. The largest absolute Gasteiger partial charge is 0.494 e. The monoisotopic (exact) mass is 438 g/mol. The Balaban J connectivity index is 1.23. The Labute approximate surface area is 194 Å². The number of hydrogen-bond donors (Lipinski definition) is 0. The van der Waals surface area contributed by atoms with Crippen molar-refractivity contribution in [1.29, 1.82) is 0 Å². The van der Waals surface area contributed by atoms with Crippen molar-refractivity contribution < 1.29 is 9.53 Å². The first kappa shape index (κ1) is 22.3. The van der Waals surface area contributed by atoms with Crippen molar-refractivity contribution in [3.8, 4) is 5.75 Å². The quantitative estimate of drug-likeness (QED) is 0.577. The lowest BCUT2D eigenvalue weighted by Gasteiger charge is -2.58. The van der Waals surface area contributed by atoms with Gasteiger partial charge in [0.25, 0.3) is 0 Å². The van der Waals surface area contributed by atoms with E-state index in [0.717, 1.165) is 56.7 Å². The average molecular weight is 439 g/mol. The third-order valence-electron chi connectivity index (χ3n) is 9.50. The van der Waals surface area contributed by atoms with Crippen LogP contribution in [0.1, 0.15) is 89.2 Å². The lowest BCUT2D eigenvalue weighted by atomic mass is 9.55. The SMILES string of the molecule is CC(=O)N1CCC[C@H]2[C@@H]3CCc4cc(OCCCN5CCC[C@H]5C)ccc4[C@H]3CC[C@@]21C. The van der Waals surface area contributed by atoms with Gasteiger partial charge in [-0.3, -0.25) is 4.79 Å². The number of hydrogen-bond acceptors (Lipinski definition) is 3. The number of benzene rings is 1. The Morgan fingerprint density at radius 2 is 2.00 bits per heavy atom. The van der Waals surface area contributed by atoms with Crippen LogP contribution in [0.4, 0.5) is 0 Å². The van der Waals surface area contributed by atoms with E-state index in [2.05, 4.69) is 41.8 Å². The standard InChI is InChI=1S/C28H42N2O2/c1-20-7-4-15-29(20)16-6-18-32-23-10-12-24-22(19-23)9-11-26-25(24)13-14-28(3)27(26)8-5-17-30(28)21(2)31/h10,12,19-20,25-27H,4-9,11,13-18H2,1-3H3/t20-,25-,26-,27+,28+/m1/s1. The molecule has 32 heavy (non-hydrogen) atoms. The molecule has 0 spiro atoms. The van der Waals surface area contributed by atoms with E-state index in [0.29, 0.717) is 11.8 Å². The Morgan fingerprint density at radius 3 is 2.78 bits per heavy atom. The van der Waals surface area contributed by atoms with Gasteiger partial charge in [0.1, 0.15) is 5.75 Å². The predicted octanol–water partition coefficient (Wildman–Crippen LogP) is 5.40. The van der Waals surface area contributed by atoms with Crippen LogP contribution >= 0.6 is 0 Å². The number of nitrogens with zero attached hydrogens (tertiary/aromatic N) is 2. The third-order valence-corrected chi connectivity index (χ3v) is 9.50. The van der Waals surface area contributed by atoms with Gasteiger partial charge < -0.3 is 14.5 Å². The Bertz CT molecular complexity index is 839. The van der Waals surface area contributed by atoms with Crippen molar-refractivity contribution in [2.24, 2.45) is 11.8 Å². The summed E-state index contributed by atoms with van der Waals surface area (Å²) in [5, 5.41) is 0. The van der Waals surface area contributed by atoms with E-state index in [-0.39, 0.29) is 11.4 Å². The van der Waals surface area contributed by atoms with E-state index in [9.17, 15) is 4.79 Å². The topological polar surface area (TPSA) is 32.8 Å². The molecule has 4 nitrogen and oxygen atoms in total. The predicted molar refractivity (Wildman–Crippen MR) is 129 cm³/mol. The normalized spacial score (nSPS) is 34.5. The zero-order chi connectivity index (χ0) is 22.3. The number of carbonyl (C=O) groups excluding carboxylic acids is 1. The molecule has 5 rings (SSSR count). The lowest BCUT2D eigenvalue weighted by Crippen LogP contribution is -2.61. The average Bonchev–Trinajstić information content (AvgIpc) is 3.19. The van der Waals surface area contributed by atoms with Crippen molar-refractivity contribution in [2.75, 3.05) is 26.2 Å². The molecule has 3 fully saturated rings. The van der Waals surface area contributed by atoms with Crippen molar-refractivity contribution in [1.82, 2.24) is 9.80 Å². The second-order valence-electron chi connectivity index (χ2n) is 11.2. The second kappa shape index (κ2) is 9.00. The minimum atomic E-state index is 0.0681. The maximum Gasteiger partial charge on any atom is 0.219 e. The number of piperidine rings is 1. The summed E-state index contributed by atoms with van der Waals surface area (Å²) < 4.78 is 6.17. The first-order valence-electron chi connectivity index (χ1n) is 13.3. The molecule has 5 atom stereocenters. The molecular formula is C28H42N2O2. The number of likely N-dealkylation sites (tertiary alicyclic amines) is 2. The zero-order valence-electron chi connectivity index (χ0n) is 20.4. The van der Waals surface area contributed by atoms with Crippen LogP contribution in [0.2, 0.25) is 0 Å². The maximum atomic E-state index is 12.4. The smallest absolute Gasteiger partial charge is 0.219 e. The summed E-state index contributed by atoms with van der Waals surface area (Å²) in [6, 6.07) is 7.67.